The van der Waals surface area contributed by atoms with Crippen LogP contribution in [0.3, 0.4) is 0 Å². The maximum Gasteiger partial charge on any atom is 0.160 e. The summed E-state index contributed by atoms with van der Waals surface area (Å²) in [7, 11) is 0. The lowest BCUT2D eigenvalue weighted by molar-refractivity contribution is 0.568. The maximum atomic E-state index is 4.77. The number of hydrogen-bond acceptors (Lipinski definition) is 3. The normalized spacial score (nSPS) is 11.8. The summed E-state index contributed by atoms with van der Waals surface area (Å²) in [6.45, 7) is 8.55. The zero-order valence-electron chi connectivity index (χ0n) is 12.9. The molecule has 0 amide bonds. The summed E-state index contributed by atoms with van der Waals surface area (Å²) in [6.07, 6.45) is 1.85. The Morgan fingerprint density at radius 3 is 2.48 bits per heavy atom. The molecule has 3 aromatic rings. The fourth-order valence-corrected chi connectivity index (χ4v) is 2.22. The monoisotopic (exact) mass is 280 g/mol. The quantitative estimate of drug-likeness (QED) is 0.769. The molecule has 0 unspecified atom stereocenters. The first-order valence-corrected chi connectivity index (χ1v) is 7.13. The van der Waals surface area contributed by atoms with Gasteiger partial charge in [0.15, 0.2) is 5.65 Å². The summed E-state index contributed by atoms with van der Waals surface area (Å²) in [5, 5.41) is 7.86. The van der Waals surface area contributed by atoms with Gasteiger partial charge in [0.1, 0.15) is 5.82 Å². The standard InChI is InChI=1S/C17H20N4/c1-12-11-18-21-15(19-13-8-6-5-7-9-13)10-14(17(2,3)4)20-16(12)21/h5-11,19H,1-4H3. The molecular weight excluding hydrogens is 260 g/mol. The van der Waals surface area contributed by atoms with Gasteiger partial charge in [0.05, 0.1) is 11.9 Å². The lowest BCUT2D eigenvalue weighted by atomic mass is 9.92. The Hall–Kier alpha value is -2.36. The largest absolute Gasteiger partial charge is 0.340 e. The van der Waals surface area contributed by atoms with E-state index in [-0.39, 0.29) is 5.41 Å². The molecule has 2 heterocycles. The first kappa shape index (κ1) is 13.6. The van der Waals surface area contributed by atoms with Crippen molar-refractivity contribution in [1.29, 1.82) is 0 Å². The Balaban J connectivity index is 2.16. The number of benzene rings is 1. The van der Waals surface area contributed by atoms with Crippen molar-refractivity contribution in [2.24, 2.45) is 0 Å². The van der Waals surface area contributed by atoms with E-state index in [1.165, 1.54) is 0 Å². The third-order valence-electron chi connectivity index (χ3n) is 3.46. The minimum Gasteiger partial charge on any atom is -0.340 e. The van der Waals surface area contributed by atoms with Gasteiger partial charge in [0, 0.05) is 22.7 Å². The number of para-hydroxylation sites is 1. The van der Waals surface area contributed by atoms with E-state index >= 15 is 0 Å². The van der Waals surface area contributed by atoms with Crippen molar-refractivity contribution in [3.63, 3.8) is 0 Å². The number of aromatic nitrogens is 3. The molecule has 0 fully saturated rings. The molecule has 4 nitrogen and oxygen atoms in total. The van der Waals surface area contributed by atoms with Crippen LogP contribution in [-0.2, 0) is 5.41 Å². The van der Waals surface area contributed by atoms with E-state index in [0.29, 0.717) is 0 Å². The molecule has 0 radical (unpaired) electrons. The number of fused-ring (bicyclic) bond motifs is 1. The topological polar surface area (TPSA) is 42.2 Å². The van der Waals surface area contributed by atoms with Crippen LogP contribution in [0.4, 0.5) is 11.5 Å². The fourth-order valence-electron chi connectivity index (χ4n) is 2.22. The van der Waals surface area contributed by atoms with Crippen molar-refractivity contribution in [3.05, 3.63) is 53.9 Å². The van der Waals surface area contributed by atoms with Crippen LogP contribution in [0.15, 0.2) is 42.6 Å². The third-order valence-corrected chi connectivity index (χ3v) is 3.46. The number of rotatable bonds is 2. The van der Waals surface area contributed by atoms with Gasteiger partial charge in [-0.25, -0.2) is 4.98 Å². The molecule has 1 N–H and O–H groups in total. The van der Waals surface area contributed by atoms with Crippen LogP contribution in [0.2, 0.25) is 0 Å². The van der Waals surface area contributed by atoms with Crippen LogP contribution in [0.25, 0.3) is 5.65 Å². The molecule has 0 bridgehead atoms. The predicted octanol–water partition coefficient (Wildman–Crippen LogP) is 4.08. The Kier molecular flexibility index (Phi) is 3.16. The number of nitrogens with zero attached hydrogens (tertiary/aromatic N) is 3. The third kappa shape index (κ3) is 2.61. The maximum absolute atomic E-state index is 4.77. The molecule has 0 saturated carbocycles. The first-order chi connectivity index (χ1) is 9.95. The zero-order chi connectivity index (χ0) is 15.0. The van der Waals surface area contributed by atoms with Crippen LogP contribution in [0.1, 0.15) is 32.0 Å². The molecular formula is C17H20N4. The molecule has 3 rings (SSSR count). The van der Waals surface area contributed by atoms with Gasteiger partial charge in [-0.15, -0.1) is 0 Å². The summed E-state index contributed by atoms with van der Waals surface area (Å²) in [5.74, 6) is 0.934. The molecule has 21 heavy (non-hydrogen) atoms. The van der Waals surface area contributed by atoms with Crippen molar-refractivity contribution in [3.8, 4) is 0 Å². The highest BCUT2D eigenvalue weighted by Crippen LogP contribution is 2.26. The molecule has 4 heteroatoms. The number of aryl methyl sites for hydroxylation is 1. The highest BCUT2D eigenvalue weighted by atomic mass is 15.3. The molecule has 0 atom stereocenters. The van der Waals surface area contributed by atoms with Crippen molar-refractivity contribution < 1.29 is 0 Å². The summed E-state index contributed by atoms with van der Waals surface area (Å²) in [6, 6.07) is 12.2. The molecule has 2 aromatic heterocycles. The summed E-state index contributed by atoms with van der Waals surface area (Å²) in [4.78, 5) is 4.77. The van der Waals surface area contributed by atoms with E-state index in [1.807, 2.05) is 48.0 Å². The van der Waals surface area contributed by atoms with Gasteiger partial charge in [-0.3, -0.25) is 0 Å². The Morgan fingerprint density at radius 1 is 1.10 bits per heavy atom. The van der Waals surface area contributed by atoms with Crippen LogP contribution in [0.5, 0.6) is 0 Å². The summed E-state index contributed by atoms with van der Waals surface area (Å²) in [5.41, 5.74) is 4.07. The van der Waals surface area contributed by atoms with E-state index < -0.39 is 0 Å². The van der Waals surface area contributed by atoms with Crippen molar-refractivity contribution in [2.45, 2.75) is 33.1 Å². The molecule has 1 aromatic carbocycles. The Bertz CT molecular complexity index is 767. The second-order valence-electron chi connectivity index (χ2n) is 6.33. The Labute approximate surface area is 124 Å². The molecule has 0 aliphatic rings. The van der Waals surface area contributed by atoms with E-state index in [1.54, 1.807) is 0 Å². The summed E-state index contributed by atoms with van der Waals surface area (Å²) < 4.78 is 1.86. The molecule has 108 valence electrons. The van der Waals surface area contributed by atoms with Gasteiger partial charge in [0.2, 0.25) is 0 Å². The highest BCUT2D eigenvalue weighted by molar-refractivity contribution is 5.61. The minimum atomic E-state index is -0.00836. The van der Waals surface area contributed by atoms with E-state index in [2.05, 4.69) is 37.3 Å². The minimum absolute atomic E-state index is 0.00836. The van der Waals surface area contributed by atoms with Crippen LogP contribution in [0, 0.1) is 6.92 Å². The first-order valence-electron chi connectivity index (χ1n) is 7.13. The van der Waals surface area contributed by atoms with E-state index in [0.717, 1.165) is 28.4 Å². The van der Waals surface area contributed by atoms with Crippen molar-refractivity contribution >= 4 is 17.2 Å². The van der Waals surface area contributed by atoms with Gasteiger partial charge < -0.3 is 5.32 Å². The average molecular weight is 280 g/mol. The van der Waals surface area contributed by atoms with Crippen LogP contribution >= 0.6 is 0 Å². The van der Waals surface area contributed by atoms with Crippen molar-refractivity contribution in [2.75, 3.05) is 5.32 Å². The number of nitrogens with one attached hydrogen (secondary N) is 1. The van der Waals surface area contributed by atoms with Gasteiger partial charge >= 0.3 is 0 Å². The van der Waals surface area contributed by atoms with Gasteiger partial charge in [-0.05, 0) is 19.1 Å². The lowest BCUT2D eigenvalue weighted by Crippen LogP contribution is -2.16. The van der Waals surface area contributed by atoms with Crippen LogP contribution in [-0.4, -0.2) is 14.6 Å². The number of hydrogen-bond donors (Lipinski definition) is 1. The highest BCUT2D eigenvalue weighted by Gasteiger charge is 2.19. The molecule has 0 saturated heterocycles. The second-order valence-corrected chi connectivity index (χ2v) is 6.33. The number of anilines is 2. The van der Waals surface area contributed by atoms with Crippen LogP contribution < -0.4 is 5.32 Å². The fraction of sp³-hybridized carbons (Fsp3) is 0.294. The lowest BCUT2D eigenvalue weighted by Gasteiger charge is -2.20. The van der Waals surface area contributed by atoms with E-state index in [4.69, 9.17) is 4.98 Å². The van der Waals surface area contributed by atoms with Crippen molar-refractivity contribution in [1.82, 2.24) is 14.6 Å². The zero-order valence-corrected chi connectivity index (χ0v) is 12.9. The molecule has 0 aliphatic carbocycles. The van der Waals surface area contributed by atoms with Gasteiger partial charge in [-0.1, -0.05) is 39.0 Å². The average Bonchev–Trinajstić information content (AvgIpc) is 2.81. The Morgan fingerprint density at radius 2 is 1.81 bits per heavy atom. The van der Waals surface area contributed by atoms with Gasteiger partial charge in [-0.2, -0.15) is 9.61 Å². The predicted molar refractivity (Wildman–Crippen MR) is 86.1 cm³/mol. The molecule has 0 spiro atoms. The SMILES string of the molecule is Cc1cnn2c(Nc3ccccc3)cc(C(C)(C)C)nc12. The summed E-state index contributed by atoms with van der Waals surface area (Å²) >= 11 is 0. The molecule has 0 aliphatic heterocycles. The smallest absolute Gasteiger partial charge is 0.160 e. The second kappa shape index (κ2) is 4.88. The van der Waals surface area contributed by atoms with E-state index in [9.17, 15) is 0 Å². The van der Waals surface area contributed by atoms with Gasteiger partial charge in [0.25, 0.3) is 0 Å².